The summed E-state index contributed by atoms with van der Waals surface area (Å²) >= 11 is 0. The number of aromatic nitrogens is 1. The standard InChI is InChI=1S/C25H22N2O6/c1-29-19-10-17-15-5-4-14-8-21-22(33-13-32-21)9-16(14)24(15)26-25(18(17)11-20(19)30-2)31-12-23(28)27-6-3-7-27/h4-5,8-11H,3,6-7,12-13H2,1-2H3. The van der Waals surface area contributed by atoms with Crippen molar-refractivity contribution in [2.75, 3.05) is 40.7 Å². The molecule has 0 bridgehead atoms. The van der Waals surface area contributed by atoms with Crippen LogP contribution >= 0.6 is 0 Å². The zero-order valence-corrected chi connectivity index (χ0v) is 18.3. The lowest BCUT2D eigenvalue weighted by Gasteiger charge is -2.30. The molecule has 1 amide bonds. The molecule has 1 saturated heterocycles. The van der Waals surface area contributed by atoms with Crippen LogP contribution in [0, 0.1) is 0 Å². The zero-order valence-electron chi connectivity index (χ0n) is 18.3. The molecule has 1 fully saturated rings. The van der Waals surface area contributed by atoms with Crippen molar-refractivity contribution in [3.63, 3.8) is 0 Å². The third kappa shape index (κ3) is 3.13. The van der Waals surface area contributed by atoms with Crippen LogP contribution in [0.5, 0.6) is 28.9 Å². The molecule has 6 rings (SSSR count). The van der Waals surface area contributed by atoms with Gasteiger partial charge in [0.1, 0.15) is 0 Å². The number of hydrogen-bond acceptors (Lipinski definition) is 7. The molecule has 1 aromatic heterocycles. The lowest BCUT2D eigenvalue weighted by atomic mass is 10.0. The summed E-state index contributed by atoms with van der Waals surface area (Å²) in [6.07, 6.45) is 1.03. The number of pyridine rings is 1. The van der Waals surface area contributed by atoms with Gasteiger partial charge in [0.05, 0.1) is 19.7 Å². The summed E-state index contributed by atoms with van der Waals surface area (Å²) in [6, 6.07) is 11.7. The first-order valence-corrected chi connectivity index (χ1v) is 10.8. The molecule has 0 aliphatic carbocycles. The highest BCUT2D eigenvalue weighted by Gasteiger charge is 2.23. The lowest BCUT2D eigenvalue weighted by Crippen LogP contribution is -2.44. The van der Waals surface area contributed by atoms with Gasteiger partial charge in [0.15, 0.2) is 29.6 Å². The average molecular weight is 446 g/mol. The summed E-state index contributed by atoms with van der Waals surface area (Å²) in [5.41, 5.74) is 0.747. The van der Waals surface area contributed by atoms with Crippen LogP contribution in [-0.2, 0) is 4.79 Å². The van der Waals surface area contributed by atoms with Crippen molar-refractivity contribution >= 4 is 38.4 Å². The van der Waals surface area contributed by atoms with E-state index in [2.05, 4.69) is 0 Å². The lowest BCUT2D eigenvalue weighted by molar-refractivity contribution is -0.136. The molecule has 8 nitrogen and oxygen atoms in total. The fraction of sp³-hybridized carbons (Fsp3) is 0.280. The minimum atomic E-state index is -0.0704. The Balaban J connectivity index is 1.58. The molecule has 3 heterocycles. The highest BCUT2D eigenvalue weighted by atomic mass is 16.7. The second-order valence-electron chi connectivity index (χ2n) is 8.08. The highest BCUT2D eigenvalue weighted by molar-refractivity contribution is 6.17. The van der Waals surface area contributed by atoms with E-state index in [1.807, 2.05) is 36.4 Å². The van der Waals surface area contributed by atoms with Crippen molar-refractivity contribution in [3.05, 3.63) is 36.4 Å². The van der Waals surface area contributed by atoms with Crippen LogP contribution in [0.2, 0.25) is 0 Å². The Hall–Kier alpha value is -3.94. The Labute approximate surface area is 189 Å². The fourth-order valence-electron chi connectivity index (χ4n) is 4.37. The highest BCUT2D eigenvalue weighted by Crippen LogP contribution is 2.43. The average Bonchev–Trinajstić information content (AvgIpc) is 3.26. The number of likely N-dealkylation sites (tertiary alicyclic amines) is 1. The molecule has 168 valence electrons. The smallest absolute Gasteiger partial charge is 0.260 e. The van der Waals surface area contributed by atoms with Gasteiger partial charge in [-0.3, -0.25) is 4.79 Å². The van der Waals surface area contributed by atoms with Gasteiger partial charge in [-0.25, -0.2) is 4.98 Å². The summed E-state index contributed by atoms with van der Waals surface area (Å²) < 4.78 is 28.2. The molecule has 0 spiro atoms. The van der Waals surface area contributed by atoms with E-state index < -0.39 is 0 Å². The first kappa shape index (κ1) is 19.7. The molecule has 33 heavy (non-hydrogen) atoms. The zero-order chi connectivity index (χ0) is 22.5. The maximum absolute atomic E-state index is 12.5. The number of fused-ring (bicyclic) bond motifs is 6. The number of nitrogens with zero attached hydrogens (tertiary/aromatic N) is 2. The van der Waals surface area contributed by atoms with Crippen molar-refractivity contribution in [2.45, 2.75) is 6.42 Å². The number of methoxy groups -OCH3 is 2. The molecular formula is C25H22N2O6. The summed E-state index contributed by atoms with van der Waals surface area (Å²) in [4.78, 5) is 19.1. The number of ether oxygens (including phenoxy) is 5. The predicted octanol–water partition coefficient (Wildman–Crippen LogP) is 3.90. The maximum atomic E-state index is 12.5. The van der Waals surface area contributed by atoms with Gasteiger partial charge in [-0.1, -0.05) is 12.1 Å². The first-order chi connectivity index (χ1) is 16.2. The number of rotatable bonds is 5. The van der Waals surface area contributed by atoms with Crippen LogP contribution < -0.4 is 23.7 Å². The molecule has 0 unspecified atom stereocenters. The fourth-order valence-corrected chi connectivity index (χ4v) is 4.37. The molecule has 0 atom stereocenters. The topological polar surface area (TPSA) is 79.4 Å². The van der Waals surface area contributed by atoms with Crippen molar-refractivity contribution in [2.24, 2.45) is 0 Å². The maximum Gasteiger partial charge on any atom is 0.260 e. The van der Waals surface area contributed by atoms with Gasteiger partial charge < -0.3 is 28.6 Å². The molecule has 0 radical (unpaired) electrons. The van der Waals surface area contributed by atoms with Crippen molar-refractivity contribution in [1.82, 2.24) is 9.88 Å². The van der Waals surface area contributed by atoms with Gasteiger partial charge in [0.25, 0.3) is 5.91 Å². The van der Waals surface area contributed by atoms with E-state index in [1.165, 1.54) is 0 Å². The number of amides is 1. The number of benzene rings is 3. The molecule has 2 aliphatic rings. The molecule has 2 aliphatic heterocycles. The number of hydrogen-bond donors (Lipinski definition) is 0. The van der Waals surface area contributed by atoms with Crippen molar-refractivity contribution < 1.29 is 28.5 Å². The van der Waals surface area contributed by atoms with Gasteiger partial charge in [0, 0.05) is 34.6 Å². The van der Waals surface area contributed by atoms with E-state index in [0.717, 1.165) is 52.0 Å². The Bertz CT molecular complexity index is 1430. The van der Waals surface area contributed by atoms with Crippen molar-refractivity contribution in [1.29, 1.82) is 0 Å². The van der Waals surface area contributed by atoms with Gasteiger partial charge in [-0.2, -0.15) is 0 Å². The molecule has 0 N–H and O–H groups in total. The largest absolute Gasteiger partial charge is 0.493 e. The Morgan fingerprint density at radius 1 is 0.939 bits per heavy atom. The predicted molar refractivity (Wildman–Crippen MR) is 123 cm³/mol. The normalized spacial score (nSPS) is 14.5. The van der Waals surface area contributed by atoms with E-state index in [1.54, 1.807) is 19.1 Å². The van der Waals surface area contributed by atoms with Gasteiger partial charge in [-0.05, 0) is 36.1 Å². The minimum Gasteiger partial charge on any atom is -0.493 e. The Morgan fingerprint density at radius 2 is 1.67 bits per heavy atom. The first-order valence-electron chi connectivity index (χ1n) is 10.8. The molecule has 3 aromatic carbocycles. The van der Waals surface area contributed by atoms with Crippen LogP contribution in [0.25, 0.3) is 32.4 Å². The van der Waals surface area contributed by atoms with Crippen LogP contribution in [0.3, 0.4) is 0 Å². The van der Waals surface area contributed by atoms with Crippen LogP contribution in [-0.4, -0.2) is 56.5 Å². The van der Waals surface area contributed by atoms with E-state index >= 15 is 0 Å². The molecule has 4 aromatic rings. The quantitative estimate of drug-likeness (QED) is 0.430. The molecular weight excluding hydrogens is 424 g/mol. The summed E-state index contributed by atoms with van der Waals surface area (Å²) in [5.74, 6) is 2.89. The van der Waals surface area contributed by atoms with Gasteiger partial charge >= 0.3 is 0 Å². The molecule has 8 heteroatoms. The van der Waals surface area contributed by atoms with Gasteiger partial charge in [0.2, 0.25) is 12.7 Å². The SMILES string of the molecule is COc1cc2c(OCC(=O)N3CCC3)nc3c4cc5c(cc4ccc3c2cc1OC)OCO5. The third-order valence-electron chi connectivity index (χ3n) is 6.28. The number of carbonyl (C=O) groups is 1. The van der Waals surface area contributed by atoms with Crippen LogP contribution in [0.4, 0.5) is 0 Å². The Morgan fingerprint density at radius 3 is 2.36 bits per heavy atom. The van der Waals surface area contributed by atoms with Crippen LogP contribution in [0.1, 0.15) is 6.42 Å². The molecule has 0 saturated carbocycles. The van der Waals surface area contributed by atoms with E-state index in [0.29, 0.717) is 28.9 Å². The summed E-state index contributed by atoms with van der Waals surface area (Å²) in [6.45, 7) is 1.68. The van der Waals surface area contributed by atoms with Gasteiger partial charge in [-0.15, -0.1) is 0 Å². The van der Waals surface area contributed by atoms with E-state index in [-0.39, 0.29) is 19.3 Å². The summed E-state index contributed by atoms with van der Waals surface area (Å²) in [5, 5.41) is 4.45. The Kier molecular flexibility index (Phi) is 4.53. The third-order valence-corrected chi connectivity index (χ3v) is 6.28. The van der Waals surface area contributed by atoms with Crippen LogP contribution in [0.15, 0.2) is 36.4 Å². The second-order valence-corrected chi connectivity index (χ2v) is 8.08. The van der Waals surface area contributed by atoms with E-state index in [9.17, 15) is 4.79 Å². The van der Waals surface area contributed by atoms with E-state index in [4.69, 9.17) is 28.7 Å². The summed E-state index contributed by atoms with van der Waals surface area (Å²) in [7, 11) is 3.19. The number of carbonyl (C=O) groups excluding carboxylic acids is 1. The van der Waals surface area contributed by atoms with Crippen molar-refractivity contribution in [3.8, 4) is 28.9 Å². The monoisotopic (exact) mass is 446 g/mol. The minimum absolute atomic E-state index is 0.0435. The second kappa shape index (κ2) is 7.58.